The predicted octanol–water partition coefficient (Wildman–Crippen LogP) is 2.49. The van der Waals surface area contributed by atoms with Crippen LogP contribution in [0.2, 0.25) is 0 Å². The molecule has 2 fully saturated rings. The van der Waals surface area contributed by atoms with Crippen LogP contribution in [-0.2, 0) is 0 Å². The van der Waals surface area contributed by atoms with E-state index in [0.29, 0.717) is 0 Å². The summed E-state index contributed by atoms with van der Waals surface area (Å²) in [5, 5.41) is 3.92. The first-order valence-corrected chi connectivity index (χ1v) is 7.09. The summed E-state index contributed by atoms with van der Waals surface area (Å²) in [5.74, 6) is 1.82. The minimum absolute atomic E-state index is 0.750. The van der Waals surface area contributed by atoms with Crippen molar-refractivity contribution in [2.75, 3.05) is 20.1 Å². The molecule has 0 aromatic heterocycles. The zero-order chi connectivity index (χ0) is 11.5. The van der Waals surface area contributed by atoms with Crippen molar-refractivity contribution >= 4 is 0 Å². The molecule has 0 radical (unpaired) electrons. The van der Waals surface area contributed by atoms with Gasteiger partial charge in [0.25, 0.3) is 0 Å². The molecule has 2 aliphatic rings. The first kappa shape index (κ1) is 12.4. The number of likely N-dealkylation sites (N-methyl/N-ethyl adjacent to an activating group) is 1. The molecule has 0 bridgehead atoms. The molecule has 0 amide bonds. The molecular weight excluding hydrogens is 196 g/mol. The topological polar surface area (TPSA) is 15.3 Å². The maximum absolute atomic E-state index is 3.92. The molecule has 0 aromatic carbocycles. The monoisotopic (exact) mass is 224 g/mol. The van der Waals surface area contributed by atoms with Gasteiger partial charge >= 0.3 is 0 Å². The zero-order valence-corrected chi connectivity index (χ0v) is 11.2. The Morgan fingerprint density at radius 3 is 2.62 bits per heavy atom. The highest BCUT2D eigenvalue weighted by Gasteiger charge is 2.28. The molecule has 0 aromatic rings. The van der Waals surface area contributed by atoms with Crippen LogP contribution in [0.1, 0.15) is 46.0 Å². The van der Waals surface area contributed by atoms with Crippen molar-refractivity contribution in [1.82, 2.24) is 10.2 Å². The highest BCUT2D eigenvalue weighted by Crippen LogP contribution is 2.29. The average molecular weight is 224 g/mol. The fraction of sp³-hybridized carbons (Fsp3) is 1.00. The van der Waals surface area contributed by atoms with E-state index in [4.69, 9.17) is 0 Å². The number of nitrogens with one attached hydrogen (secondary N) is 1. The van der Waals surface area contributed by atoms with Gasteiger partial charge in [-0.15, -0.1) is 0 Å². The third kappa shape index (κ3) is 3.21. The molecular formula is C14H28N2. The van der Waals surface area contributed by atoms with E-state index in [0.717, 1.165) is 23.9 Å². The van der Waals surface area contributed by atoms with E-state index in [9.17, 15) is 0 Å². The smallest absolute Gasteiger partial charge is 0.0198 e. The lowest BCUT2D eigenvalue weighted by atomic mass is 9.79. The fourth-order valence-electron chi connectivity index (χ4n) is 3.52. The molecule has 2 nitrogen and oxygen atoms in total. The maximum atomic E-state index is 3.92. The van der Waals surface area contributed by atoms with Crippen LogP contribution < -0.4 is 5.32 Å². The van der Waals surface area contributed by atoms with Crippen molar-refractivity contribution in [1.29, 1.82) is 0 Å². The second-order valence-corrected chi connectivity index (χ2v) is 6.27. The molecule has 16 heavy (non-hydrogen) atoms. The normalized spacial score (nSPS) is 42.2. The van der Waals surface area contributed by atoms with Gasteiger partial charge in [-0.1, -0.05) is 13.8 Å². The maximum Gasteiger partial charge on any atom is 0.0198 e. The Kier molecular flexibility index (Phi) is 4.26. The summed E-state index contributed by atoms with van der Waals surface area (Å²) >= 11 is 0. The zero-order valence-electron chi connectivity index (χ0n) is 11.2. The van der Waals surface area contributed by atoms with Gasteiger partial charge in [0, 0.05) is 18.6 Å². The molecule has 2 heteroatoms. The summed E-state index contributed by atoms with van der Waals surface area (Å²) in [7, 11) is 2.25. The van der Waals surface area contributed by atoms with Gasteiger partial charge in [0.05, 0.1) is 0 Å². The Hall–Kier alpha value is -0.0800. The summed E-state index contributed by atoms with van der Waals surface area (Å²) in [4.78, 5) is 2.47. The molecule has 1 aliphatic carbocycles. The molecule has 2 rings (SSSR count). The molecule has 94 valence electrons. The van der Waals surface area contributed by atoms with Gasteiger partial charge in [0.1, 0.15) is 0 Å². The molecule has 1 heterocycles. The quantitative estimate of drug-likeness (QED) is 0.775. The van der Waals surface area contributed by atoms with E-state index in [1.165, 1.54) is 45.2 Å². The van der Waals surface area contributed by atoms with E-state index < -0.39 is 0 Å². The van der Waals surface area contributed by atoms with Gasteiger partial charge in [-0.2, -0.15) is 0 Å². The van der Waals surface area contributed by atoms with E-state index >= 15 is 0 Å². The predicted molar refractivity (Wildman–Crippen MR) is 69.6 cm³/mol. The first-order valence-electron chi connectivity index (χ1n) is 7.09. The highest BCUT2D eigenvalue weighted by atomic mass is 15.1. The minimum atomic E-state index is 0.750. The van der Waals surface area contributed by atoms with Gasteiger partial charge in [0.2, 0.25) is 0 Å². The van der Waals surface area contributed by atoms with Crippen LogP contribution in [0.5, 0.6) is 0 Å². The van der Waals surface area contributed by atoms with Crippen molar-refractivity contribution in [2.45, 2.75) is 58.0 Å². The van der Waals surface area contributed by atoms with Gasteiger partial charge in [-0.25, -0.2) is 0 Å². The molecule has 1 saturated heterocycles. The Morgan fingerprint density at radius 1 is 1.12 bits per heavy atom. The molecule has 1 aliphatic heterocycles. The molecule has 0 spiro atoms. The highest BCUT2D eigenvalue weighted by molar-refractivity contribution is 4.86. The summed E-state index contributed by atoms with van der Waals surface area (Å²) in [5.41, 5.74) is 0. The van der Waals surface area contributed by atoms with E-state index in [2.05, 4.69) is 31.1 Å². The van der Waals surface area contributed by atoms with Crippen LogP contribution in [0, 0.1) is 11.8 Å². The molecule has 4 atom stereocenters. The first-order chi connectivity index (χ1) is 7.65. The Labute approximate surface area is 101 Å². The number of piperidine rings is 1. The largest absolute Gasteiger partial charge is 0.310 e. The SMILES string of the molecule is CC1CCC(NC2CCCN(C)C2)C(C)C1. The van der Waals surface area contributed by atoms with Crippen molar-refractivity contribution in [2.24, 2.45) is 11.8 Å². The van der Waals surface area contributed by atoms with Crippen molar-refractivity contribution in [3.05, 3.63) is 0 Å². The third-order valence-electron chi connectivity index (χ3n) is 4.51. The summed E-state index contributed by atoms with van der Waals surface area (Å²) in [6.45, 7) is 7.37. The molecule has 1 N–H and O–H groups in total. The van der Waals surface area contributed by atoms with Crippen molar-refractivity contribution < 1.29 is 0 Å². The number of nitrogens with zero attached hydrogens (tertiary/aromatic N) is 1. The summed E-state index contributed by atoms with van der Waals surface area (Å²) in [6.07, 6.45) is 6.97. The second-order valence-electron chi connectivity index (χ2n) is 6.27. The molecule has 4 unspecified atom stereocenters. The number of likely N-dealkylation sites (tertiary alicyclic amines) is 1. The standard InChI is InChI=1S/C14H28N2/c1-11-6-7-14(12(2)9-11)15-13-5-4-8-16(3)10-13/h11-15H,4-10H2,1-3H3. The number of hydrogen-bond donors (Lipinski definition) is 1. The van der Waals surface area contributed by atoms with Crippen molar-refractivity contribution in [3.63, 3.8) is 0 Å². The summed E-state index contributed by atoms with van der Waals surface area (Å²) in [6, 6.07) is 1.53. The van der Waals surface area contributed by atoms with Crippen LogP contribution in [-0.4, -0.2) is 37.1 Å². The van der Waals surface area contributed by atoms with Crippen LogP contribution in [0.25, 0.3) is 0 Å². The van der Waals surface area contributed by atoms with Gasteiger partial charge in [-0.05, 0) is 57.5 Å². The number of rotatable bonds is 2. The Morgan fingerprint density at radius 2 is 1.94 bits per heavy atom. The van der Waals surface area contributed by atoms with Crippen molar-refractivity contribution in [3.8, 4) is 0 Å². The average Bonchev–Trinajstić information content (AvgIpc) is 2.22. The third-order valence-corrected chi connectivity index (χ3v) is 4.51. The van der Waals surface area contributed by atoms with Gasteiger partial charge in [-0.3, -0.25) is 0 Å². The Balaban J connectivity index is 1.80. The van der Waals surface area contributed by atoms with Gasteiger partial charge < -0.3 is 10.2 Å². The lowest BCUT2D eigenvalue weighted by Gasteiger charge is -2.38. The second kappa shape index (κ2) is 5.50. The van der Waals surface area contributed by atoms with Crippen LogP contribution in [0.15, 0.2) is 0 Å². The lowest BCUT2D eigenvalue weighted by molar-refractivity contribution is 0.168. The summed E-state index contributed by atoms with van der Waals surface area (Å²) < 4.78 is 0. The van der Waals surface area contributed by atoms with Crippen LogP contribution in [0.3, 0.4) is 0 Å². The van der Waals surface area contributed by atoms with Crippen LogP contribution in [0.4, 0.5) is 0 Å². The molecule has 1 saturated carbocycles. The van der Waals surface area contributed by atoms with Gasteiger partial charge in [0.15, 0.2) is 0 Å². The Bertz CT molecular complexity index is 217. The van der Waals surface area contributed by atoms with E-state index in [1.807, 2.05) is 0 Å². The minimum Gasteiger partial charge on any atom is -0.310 e. The lowest BCUT2D eigenvalue weighted by Crippen LogP contribution is -2.50. The van der Waals surface area contributed by atoms with Crippen LogP contribution >= 0.6 is 0 Å². The number of hydrogen-bond acceptors (Lipinski definition) is 2. The van der Waals surface area contributed by atoms with E-state index in [-0.39, 0.29) is 0 Å². The van der Waals surface area contributed by atoms with E-state index in [1.54, 1.807) is 0 Å². The fourth-order valence-corrected chi connectivity index (χ4v) is 3.52.